The lowest BCUT2D eigenvalue weighted by atomic mass is 10.2. The summed E-state index contributed by atoms with van der Waals surface area (Å²) < 4.78 is 1.52. The smallest absolute Gasteiger partial charge is 0.298 e. The molecule has 0 aliphatic carbocycles. The molecule has 5 nitrogen and oxygen atoms in total. The first-order valence-electron chi connectivity index (χ1n) is 5.13. The molecule has 2 rings (SSSR count). The number of hydrogen-bond donors (Lipinski definition) is 1. The Labute approximate surface area is 102 Å². The number of aromatic amines is 1. The second kappa shape index (κ2) is 5.01. The van der Waals surface area contributed by atoms with Crippen molar-refractivity contribution in [1.82, 2.24) is 14.8 Å². The van der Waals surface area contributed by atoms with E-state index in [0.29, 0.717) is 17.3 Å². The van der Waals surface area contributed by atoms with E-state index in [1.807, 2.05) is 19.1 Å². The van der Waals surface area contributed by atoms with Gasteiger partial charge in [0.1, 0.15) is 0 Å². The second-order valence-electron chi connectivity index (χ2n) is 3.31. The van der Waals surface area contributed by atoms with E-state index in [9.17, 15) is 9.59 Å². The molecule has 0 bridgehead atoms. The van der Waals surface area contributed by atoms with Crippen LogP contribution in [-0.4, -0.2) is 21.1 Å². The number of carbonyl (C=O) groups is 1. The lowest BCUT2D eigenvalue weighted by Crippen LogP contribution is -2.16. The van der Waals surface area contributed by atoms with Gasteiger partial charge >= 0.3 is 5.69 Å². The van der Waals surface area contributed by atoms with Crippen molar-refractivity contribution in [2.24, 2.45) is 0 Å². The Bertz CT molecular complexity index is 588. The molecule has 17 heavy (non-hydrogen) atoms. The number of aromatic nitrogens is 3. The van der Waals surface area contributed by atoms with Crippen LogP contribution in [0.25, 0.3) is 0 Å². The third-order valence-corrected chi connectivity index (χ3v) is 3.37. The van der Waals surface area contributed by atoms with Gasteiger partial charge in [-0.05, 0) is 24.8 Å². The zero-order valence-electron chi connectivity index (χ0n) is 9.21. The fourth-order valence-electron chi connectivity index (χ4n) is 1.43. The van der Waals surface area contributed by atoms with Crippen molar-refractivity contribution >= 4 is 18.0 Å². The van der Waals surface area contributed by atoms with Crippen molar-refractivity contribution in [3.8, 4) is 0 Å². The fraction of sp³-hybridized carbons (Fsp3) is 0.182. The van der Waals surface area contributed by atoms with Crippen LogP contribution in [0.4, 0.5) is 0 Å². The molecule has 88 valence electrons. The van der Waals surface area contributed by atoms with E-state index < -0.39 is 0 Å². The largest absolute Gasteiger partial charge is 0.343 e. The highest BCUT2D eigenvalue weighted by molar-refractivity contribution is 7.99. The Morgan fingerprint density at radius 1 is 1.47 bits per heavy atom. The van der Waals surface area contributed by atoms with Gasteiger partial charge in [-0.1, -0.05) is 18.2 Å². The summed E-state index contributed by atoms with van der Waals surface area (Å²) in [5, 5.41) is 6.89. The number of benzene rings is 1. The van der Waals surface area contributed by atoms with Gasteiger partial charge in [0.2, 0.25) is 0 Å². The van der Waals surface area contributed by atoms with E-state index in [4.69, 9.17) is 0 Å². The zero-order valence-corrected chi connectivity index (χ0v) is 10.0. The van der Waals surface area contributed by atoms with Crippen LogP contribution in [0.2, 0.25) is 0 Å². The molecule has 0 spiro atoms. The fourth-order valence-corrected chi connectivity index (χ4v) is 2.42. The molecular weight excluding hydrogens is 238 g/mol. The number of aldehydes is 1. The van der Waals surface area contributed by atoms with E-state index in [1.54, 1.807) is 12.1 Å². The molecule has 0 saturated carbocycles. The van der Waals surface area contributed by atoms with Crippen LogP contribution >= 0.6 is 11.8 Å². The van der Waals surface area contributed by atoms with Gasteiger partial charge < -0.3 is 0 Å². The summed E-state index contributed by atoms with van der Waals surface area (Å²) >= 11 is 1.30. The molecular formula is C11H11N3O2S. The van der Waals surface area contributed by atoms with Crippen LogP contribution in [0.1, 0.15) is 17.3 Å². The summed E-state index contributed by atoms with van der Waals surface area (Å²) in [6, 6.07) is 7.20. The van der Waals surface area contributed by atoms with Crippen molar-refractivity contribution in [3.63, 3.8) is 0 Å². The predicted octanol–water partition coefficient (Wildman–Crippen LogP) is 1.55. The highest BCUT2D eigenvalue weighted by Crippen LogP contribution is 2.27. The molecule has 0 amide bonds. The van der Waals surface area contributed by atoms with Crippen LogP contribution in [0, 0.1) is 0 Å². The van der Waals surface area contributed by atoms with Gasteiger partial charge in [0, 0.05) is 17.0 Å². The molecule has 0 radical (unpaired) electrons. The highest BCUT2D eigenvalue weighted by atomic mass is 32.2. The third kappa shape index (κ3) is 2.31. The lowest BCUT2D eigenvalue weighted by Gasteiger charge is -2.03. The average Bonchev–Trinajstić information content (AvgIpc) is 2.70. The minimum atomic E-state index is -0.237. The van der Waals surface area contributed by atoms with Crippen LogP contribution < -0.4 is 5.69 Å². The molecule has 1 N–H and O–H groups in total. The first kappa shape index (κ1) is 11.7. The summed E-state index contributed by atoms with van der Waals surface area (Å²) in [5.41, 5.74) is 0.356. The Hall–Kier alpha value is -1.82. The minimum absolute atomic E-state index is 0.237. The number of nitrogens with one attached hydrogen (secondary N) is 1. The van der Waals surface area contributed by atoms with Gasteiger partial charge in [0.05, 0.1) is 0 Å². The summed E-state index contributed by atoms with van der Waals surface area (Å²) in [5.74, 6) is 0. The summed E-state index contributed by atoms with van der Waals surface area (Å²) in [6.45, 7) is 2.41. The number of rotatable bonds is 4. The average molecular weight is 249 g/mol. The molecule has 2 aromatic rings. The molecule has 1 aromatic carbocycles. The molecule has 6 heteroatoms. The molecule has 0 atom stereocenters. The van der Waals surface area contributed by atoms with Crippen LogP contribution in [0.3, 0.4) is 0 Å². The molecule has 1 aromatic heterocycles. The van der Waals surface area contributed by atoms with E-state index in [0.717, 1.165) is 11.2 Å². The van der Waals surface area contributed by atoms with Crippen LogP contribution in [0.5, 0.6) is 0 Å². The van der Waals surface area contributed by atoms with Crippen LogP contribution in [0.15, 0.2) is 39.1 Å². The van der Waals surface area contributed by atoms with Crippen molar-refractivity contribution in [3.05, 3.63) is 40.3 Å². The Balaban J connectivity index is 2.37. The van der Waals surface area contributed by atoms with Gasteiger partial charge in [-0.3, -0.25) is 9.36 Å². The maximum Gasteiger partial charge on any atom is 0.343 e. The monoisotopic (exact) mass is 249 g/mol. The number of carbonyl (C=O) groups excluding carboxylic acids is 1. The minimum Gasteiger partial charge on any atom is -0.298 e. The maximum atomic E-state index is 11.4. The van der Waals surface area contributed by atoms with Gasteiger partial charge in [0.25, 0.3) is 0 Å². The summed E-state index contributed by atoms with van der Waals surface area (Å²) in [7, 11) is 0. The van der Waals surface area contributed by atoms with Crippen molar-refractivity contribution < 1.29 is 4.79 Å². The van der Waals surface area contributed by atoms with Crippen molar-refractivity contribution in [2.75, 3.05) is 0 Å². The number of H-pyrrole nitrogens is 1. The number of nitrogens with zero attached hydrogens (tertiary/aromatic N) is 2. The maximum absolute atomic E-state index is 11.4. The van der Waals surface area contributed by atoms with Crippen LogP contribution in [-0.2, 0) is 6.54 Å². The predicted molar refractivity (Wildman–Crippen MR) is 64.5 cm³/mol. The molecule has 0 aliphatic rings. The third-order valence-electron chi connectivity index (χ3n) is 2.29. The highest BCUT2D eigenvalue weighted by Gasteiger charge is 2.10. The quantitative estimate of drug-likeness (QED) is 0.835. The first-order chi connectivity index (χ1) is 8.26. The lowest BCUT2D eigenvalue weighted by molar-refractivity contribution is 0.112. The summed E-state index contributed by atoms with van der Waals surface area (Å²) in [4.78, 5) is 23.0. The van der Waals surface area contributed by atoms with Gasteiger partial charge in [-0.15, -0.1) is 5.10 Å². The van der Waals surface area contributed by atoms with Crippen molar-refractivity contribution in [1.29, 1.82) is 0 Å². The Morgan fingerprint density at radius 3 is 2.94 bits per heavy atom. The topological polar surface area (TPSA) is 67.8 Å². The summed E-state index contributed by atoms with van der Waals surface area (Å²) in [6.07, 6.45) is 0.795. The van der Waals surface area contributed by atoms with Gasteiger partial charge in [-0.2, -0.15) is 0 Å². The Kier molecular flexibility index (Phi) is 3.43. The van der Waals surface area contributed by atoms with E-state index in [1.165, 1.54) is 16.3 Å². The molecule has 0 saturated heterocycles. The van der Waals surface area contributed by atoms with E-state index in [2.05, 4.69) is 10.2 Å². The Morgan fingerprint density at radius 2 is 2.24 bits per heavy atom. The number of hydrogen-bond acceptors (Lipinski definition) is 4. The second-order valence-corrected chi connectivity index (χ2v) is 4.32. The van der Waals surface area contributed by atoms with E-state index >= 15 is 0 Å². The molecule has 0 fully saturated rings. The first-order valence-corrected chi connectivity index (χ1v) is 5.95. The molecule has 1 heterocycles. The van der Waals surface area contributed by atoms with Crippen molar-refractivity contribution in [2.45, 2.75) is 23.5 Å². The van der Waals surface area contributed by atoms with Gasteiger partial charge in [0.15, 0.2) is 11.4 Å². The van der Waals surface area contributed by atoms with E-state index in [-0.39, 0.29) is 5.69 Å². The molecule has 0 aliphatic heterocycles. The SMILES string of the molecule is CCn1c(Sc2ccccc2C=O)n[nH]c1=O. The zero-order chi connectivity index (χ0) is 12.3. The molecule has 0 unspecified atom stereocenters. The normalized spacial score (nSPS) is 10.4. The van der Waals surface area contributed by atoms with Gasteiger partial charge in [-0.25, -0.2) is 9.89 Å². The standard InChI is InChI=1S/C11H11N3O2S/c1-2-14-10(16)12-13-11(14)17-9-6-4-3-5-8(9)7-15/h3-7H,2H2,1H3,(H,12,16).